The maximum atomic E-state index is 12.9. The Bertz CT molecular complexity index is 526. The molecule has 0 aromatic carbocycles. The average molecular weight is 383 g/mol. The van der Waals surface area contributed by atoms with E-state index in [1.807, 2.05) is 25.7 Å². The van der Waals surface area contributed by atoms with Crippen LogP contribution in [0.5, 0.6) is 0 Å². The molecule has 0 aromatic heterocycles. The first-order chi connectivity index (χ1) is 12.7. The summed E-state index contributed by atoms with van der Waals surface area (Å²) in [7, 11) is 0. The van der Waals surface area contributed by atoms with Crippen molar-refractivity contribution in [3.8, 4) is 0 Å². The standard InChI is InChI=1S/C20H34N2O5/c1-6-11-21(16(7-2)8-3)19(25)13-15(12-14(4)5)20(26)27-22-17(23)9-10-18(22)24/h14-16H,6-13H2,1-5H3/t15-/m1/s1. The van der Waals surface area contributed by atoms with Crippen LogP contribution in [0.1, 0.15) is 79.6 Å². The zero-order valence-corrected chi connectivity index (χ0v) is 17.3. The minimum Gasteiger partial charge on any atom is -0.340 e. The van der Waals surface area contributed by atoms with Crippen LogP contribution < -0.4 is 0 Å². The third-order valence-corrected chi connectivity index (χ3v) is 4.87. The molecule has 0 aliphatic carbocycles. The monoisotopic (exact) mass is 382 g/mol. The fourth-order valence-corrected chi connectivity index (χ4v) is 3.46. The first-order valence-electron chi connectivity index (χ1n) is 10.1. The summed E-state index contributed by atoms with van der Waals surface area (Å²) in [5.41, 5.74) is 0. The molecule has 0 spiro atoms. The highest BCUT2D eigenvalue weighted by Gasteiger charge is 2.36. The first-order valence-corrected chi connectivity index (χ1v) is 10.1. The number of amides is 3. The number of nitrogens with zero attached hydrogens (tertiary/aromatic N) is 2. The van der Waals surface area contributed by atoms with Crippen molar-refractivity contribution in [3.63, 3.8) is 0 Å². The molecule has 1 saturated heterocycles. The van der Waals surface area contributed by atoms with Gasteiger partial charge in [0.05, 0.1) is 5.92 Å². The van der Waals surface area contributed by atoms with Gasteiger partial charge < -0.3 is 9.74 Å². The van der Waals surface area contributed by atoms with Crippen LogP contribution in [0.25, 0.3) is 0 Å². The van der Waals surface area contributed by atoms with Gasteiger partial charge in [-0.05, 0) is 31.6 Å². The van der Waals surface area contributed by atoms with E-state index >= 15 is 0 Å². The van der Waals surface area contributed by atoms with Gasteiger partial charge in [-0.15, -0.1) is 5.06 Å². The SMILES string of the molecule is CCCN(C(=O)C[C@@H](CC(C)C)C(=O)ON1C(=O)CCC1=O)C(CC)CC. The first kappa shape index (κ1) is 23.1. The Morgan fingerprint density at radius 1 is 1.07 bits per heavy atom. The van der Waals surface area contributed by atoms with Gasteiger partial charge in [0, 0.05) is 31.8 Å². The molecule has 7 heteroatoms. The normalized spacial score (nSPS) is 15.6. The van der Waals surface area contributed by atoms with Crippen molar-refractivity contribution in [3.05, 3.63) is 0 Å². The molecule has 1 aliphatic rings. The van der Waals surface area contributed by atoms with Crippen LogP contribution in [-0.4, -0.2) is 46.2 Å². The van der Waals surface area contributed by atoms with E-state index in [1.165, 1.54) is 0 Å². The summed E-state index contributed by atoms with van der Waals surface area (Å²) in [5, 5.41) is 0.560. The molecule has 7 nitrogen and oxygen atoms in total. The minimum atomic E-state index is -0.679. The van der Waals surface area contributed by atoms with Gasteiger partial charge >= 0.3 is 5.97 Å². The number of carbonyl (C=O) groups excluding carboxylic acids is 4. The lowest BCUT2D eigenvalue weighted by Gasteiger charge is -2.31. The van der Waals surface area contributed by atoms with E-state index < -0.39 is 23.7 Å². The lowest BCUT2D eigenvalue weighted by Crippen LogP contribution is -2.42. The molecule has 154 valence electrons. The van der Waals surface area contributed by atoms with Gasteiger partial charge in [0.25, 0.3) is 11.8 Å². The van der Waals surface area contributed by atoms with Crippen molar-refractivity contribution in [2.24, 2.45) is 11.8 Å². The van der Waals surface area contributed by atoms with Gasteiger partial charge in [-0.3, -0.25) is 14.4 Å². The molecule has 0 unspecified atom stereocenters. The van der Waals surface area contributed by atoms with E-state index in [4.69, 9.17) is 4.84 Å². The fraction of sp³-hybridized carbons (Fsp3) is 0.800. The van der Waals surface area contributed by atoms with E-state index in [1.54, 1.807) is 0 Å². The Balaban J connectivity index is 2.88. The van der Waals surface area contributed by atoms with Crippen LogP contribution in [0, 0.1) is 11.8 Å². The molecule has 0 saturated carbocycles. The zero-order valence-electron chi connectivity index (χ0n) is 17.3. The van der Waals surface area contributed by atoms with Gasteiger partial charge in [0.15, 0.2) is 0 Å². The summed E-state index contributed by atoms with van der Waals surface area (Å²) in [4.78, 5) is 55.9. The molecule has 1 atom stereocenters. The van der Waals surface area contributed by atoms with Gasteiger partial charge in [-0.25, -0.2) is 4.79 Å². The molecule has 0 aromatic rings. The summed E-state index contributed by atoms with van der Waals surface area (Å²) in [6, 6.07) is 0.148. The number of hydrogen-bond acceptors (Lipinski definition) is 5. The maximum Gasteiger partial charge on any atom is 0.336 e. The second kappa shape index (κ2) is 11.0. The number of hydrogen-bond donors (Lipinski definition) is 0. The summed E-state index contributed by atoms with van der Waals surface area (Å²) in [5.74, 6) is -2.27. The second-order valence-electron chi connectivity index (χ2n) is 7.58. The zero-order chi connectivity index (χ0) is 20.6. The molecule has 0 radical (unpaired) electrons. The predicted octanol–water partition coefficient (Wildman–Crippen LogP) is 3.07. The van der Waals surface area contributed by atoms with Crippen LogP contribution in [-0.2, 0) is 24.0 Å². The Kier molecular flexibility index (Phi) is 9.46. The summed E-state index contributed by atoms with van der Waals surface area (Å²) in [6.45, 7) is 10.7. The molecular weight excluding hydrogens is 348 g/mol. The van der Waals surface area contributed by atoms with Crippen LogP contribution in [0.3, 0.4) is 0 Å². The van der Waals surface area contributed by atoms with Crippen LogP contribution in [0.4, 0.5) is 0 Å². The molecule has 1 fully saturated rings. The van der Waals surface area contributed by atoms with Gasteiger partial charge in [0.2, 0.25) is 5.91 Å². The van der Waals surface area contributed by atoms with Crippen molar-refractivity contribution < 1.29 is 24.0 Å². The molecule has 3 amide bonds. The molecular formula is C20H34N2O5. The molecule has 1 aliphatic heterocycles. The molecule has 0 N–H and O–H groups in total. The summed E-state index contributed by atoms with van der Waals surface area (Å²) < 4.78 is 0. The van der Waals surface area contributed by atoms with E-state index in [0.29, 0.717) is 18.0 Å². The highest BCUT2D eigenvalue weighted by molar-refractivity contribution is 6.01. The van der Waals surface area contributed by atoms with Crippen LogP contribution in [0.2, 0.25) is 0 Å². The smallest absolute Gasteiger partial charge is 0.336 e. The molecule has 27 heavy (non-hydrogen) atoms. The van der Waals surface area contributed by atoms with Gasteiger partial charge in [-0.2, -0.15) is 0 Å². The van der Waals surface area contributed by atoms with Crippen LogP contribution >= 0.6 is 0 Å². The van der Waals surface area contributed by atoms with Gasteiger partial charge in [-0.1, -0.05) is 34.6 Å². The third-order valence-electron chi connectivity index (χ3n) is 4.87. The number of rotatable bonds is 11. The van der Waals surface area contributed by atoms with E-state index in [0.717, 1.165) is 19.3 Å². The van der Waals surface area contributed by atoms with E-state index in [9.17, 15) is 19.2 Å². The summed E-state index contributed by atoms with van der Waals surface area (Å²) >= 11 is 0. The lowest BCUT2D eigenvalue weighted by molar-refractivity contribution is -0.201. The predicted molar refractivity (Wildman–Crippen MR) is 101 cm³/mol. The van der Waals surface area contributed by atoms with Crippen molar-refractivity contribution in [1.29, 1.82) is 0 Å². The van der Waals surface area contributed by atoms with Crippen molar-refractivity contribution >= 4 is 23.7 Å². The second-order valence-corrected chi connectivity index (χ2v) is 7.58. The maximum absolute atomic E-state index is 12.9. The quantitative estimate of drug-likeness (QED) is 0.513. The Morgan fingerprint density at radius 3 is 2.07 bits per heavy atom. The Hall–Kier alpha value is -1.92. The van der Waals surface area contributed by atoms with E-state index in [2.05, 4.69) is 13.8 Å². The lowest BCUT2D eigenvalue weighted by atomic mass is 9.93. The van der Waals surface area contributed by atoms with E-state index in [-0.39, 0.29) is 37.1 Å². The molecule has 0 bridgehead atoms. The molecule has 1 rings (SSSR count). The summed E-state index contributed by atoms with van der Waals surface area (Å²) in [6.07, 6.45) is 3.17. The van der Waals surface area contributed by atoms with Crippen molar-refractivity contribution in [2.45, 2.75) is 85.6 Å². The van der Waals surface area contributed by atoms with Crippen LogP contribution in [0.15, 0.2) is 0 Å². The third kappa shape index (κ3) is 6.63. The average Bonchev–Trinajstić information content (AvgIpc) is 2.92. The fourth-order valence-electron chi connectivity index (χ4n) is 3.46. The molecule has 1 heterocycles. The van der Waals surface area contributed by atoms with Crippen molar-refractivity contribution in [2.75, 3.05) is 6.54 Å². The highest BCUT2D eigenvalue weighted by atomic mass is 16.7. The Morgan fingerprint density at radius 2 is 1.63 bits per heavy atom. The van der Waals surface area contributed by atoms with Crippen molar-refractivity contribution in [1.82, 2.24) is 9.96 Å². The Labute approximate surface area is 162 Å². The largest absolute Gasteiger partial charge is 0.340 e. The minimum absolute atomic E-state index is 0.0315. The highest BCUT2D eigenvalue weighted by Crippen LogP contribution is 2.23. The van der Waals surface area contributed by atoms with Gasteiger partial charge in [0.1, 0.15) is 0 Å². The number of carbonyl (C=O) groups is 4. The topological polar surface area (TPSA) is 84.0 Å². The number of imide groups is 1. The number of hydroxylamine groups is 2.